The van der Waals surface area contributed by atoms with Crippen LogP contribution in [-0.4, -0.2) is 48.4 Å². The van der Waals surface area contributed by atoms with Crippen LogP contribution in [0.2, 0.25) is 0 Å². The van der Waals surface area contributed by atoms with Crippen LogP contribution >= 0.6 is 0 Å². The normalized spacial score (nSPS) is 16.0. The Balaban J connectivity index is 1.64. The van der Waals surface area contributed by atoms with Gasteiger partial charge in [0.15, 0.2) is 0 Å². The molecule has 1 saturated heterocycles. The second-order valence-corrected chi connectivity index (χ2v) is 6.97. The van der Waals surface area contributed by atoms with Gasteiger partial charge in [0.05, 0.1) is 6.54 Å². The summed E-state index contributed by atoms with van der Waals surface area (Å²) in [4.78, 5) is 26.0. The highest BCUT2D eigenvalue weighted by Gasteiger charge is 2.22. The third kappa shape index (κ3) is 7.22. The average Bonchev–Trinajstić information content (AvgIpc) is 2.55. The lowest BCUT2D eigenvalue weighted by Gasteiger charge is -2.32. The van der Waals surface area contributed by atoms with Gasteiger partial charge < -0.3 is 10.6 Å². The Labute approximate surface area is 149 Å². The van der Waals surface area contributed by atoms with E-state index in [1.165, 1.54) is 12.1 Å². The standard InChI is InChI=1S/C19H28FN3O2/c1-14(2)21-19(25)13-23-11-9-17(10-12-23)22-18(24)8-5-15-3-6-16(20)7-4-15/h3-4,6-7,14,17H,5,8-13H2,1-2H3,(H,21,25)(H,22,24). The van der Waals surface area contributed by atoms with Crippen molar-refractivity contribution in [2.24, 2.45) is 0 Å². The van der Waals surface area contributed by atoms with Crippen LogP contribution in [0, 0.1) is 5.82 Å². The third-order valence-corrected chi connectivity index (χ3v) is 4.32. The van der Waals surface area contributed by atoms with Crippen molar-refractivity contribution in [3.8, 4) is 0 Å². The largest absolute Gasteiger partial charge is 0.353 e. The van der Waals surface area contributed by atoms with E-state index in [-0.39, 0.29) is 29.7 Å². The molecule has 6 heteroatoms. The lowest BCUT2D eigenvalue weighted by Crippen LogP contribution is -2.48. The fourth-order valence-corrected chi connectivity index (χ4v) is 3.01. The van der Waals surface area contributed by atoms with Gasteiger partial charge in [-0.3, -0.25) is 14.5 Å². The van der Waals surface area contributed by atoms with Crippen molar-refractivity contribution >= 4 is 11.8 Å². The molecule has 0 unspecified atom stereocenters. The molecule has 1 aromatic carbocycles. The molecule has 1 aromatic rings. The summed E-state index contributed by atoms with van der Waals surface area (Å²) < 4.78 is 12.9. The van der Waals surface area contributed by atoms with Crippen LogP contribution in [0.15, 0.2) is 24.3 Å². The number of nitrogens with one attached hydrogen (secondary N) is 2. The predicted octanol–water partition coefficient (Wildman–Crippen LogP) is 1.86. The highest BCUT2D eigenvalue weighted by molar-refractivity contribution is 5.78. The molecule has 1 heterocycles. The maximum Gasteiger partial charge on any atom is 0.234 e. The van der Waals surface area contributed by atoms with E-state index in [4.69, 9.17) is 0 Å². The molecule has 0 saturated carbocycles. The molecular formula is C19H28FN3O2. The van der Waals surface area contributed by atoms with Crippen molar-refractivity contribution in [1.29, 1.82) is 0 Å². The summed E-state index contributed by atoms with van der Waals surface area (Å²) in [6, 6.07) is 6.58. The van der Waals surface area contributed by atoms with Gasteiger partial charge in [-0.1, -0.05) is 12.1 Å². The molecule has 1 aliphatic heterocycles. The number of benzene rings is 1. The number of carbonyl (C=O) groups excluding carboxylic acids is 2. The van der Waals surface area contributed by atoms with E-state index >= 15 is 0 Å². The van der Waals surface area contributed by atoms with Crippen molar-refractivity contribution in [2.75, 3.05) is 19.6 Å². The highest BCUT2D eigenvalue weighted by atomic mass is 19.1. The molecule has 0 bridgehead atoms. The minimum Gasteiger partial charge on any atom is -0.353 e. The smallest absolute Gasteiger partial charge is 0.234 e. The van der Waals surface area contributed by atoms with Crippen LogP contribution in [0.5, 0.6) is 0 Å². The molecule has 1 fully saturated rings. The van der Waals surface area contributed by atoms with Gasteiger partial charge in [-0.15, -0.1) is 0 Å². The monoisotopic (exact) mass is 349 g/mol. The Bertz CT molecular complexity index is 567. The van der Waals surface area contributed by atoms with E-state index in [9.17, 15) is 14.0 Å². The van der Waals surface area contributed by atoms with Crippen molar-refractivity contribution in [3.63, 3.8) is 0 Å². The summed E-state index contributed by atoms with van der Waals surface area (Å²) >= 11 is 0. The second-order valence-electron chi connectivity index (χ2n) is 6.97. The van der Waals surface area contributed by atoms with Gasteiger partial charge in [0.2, 0.25) is 11.8 Å². The number of amides is 2. The van der Waals surface area contributed by atoms with Crippen LogP contribution in [0.25, 0.3) is 0 Å². The topological polar surface area (TPSA) is 61.4 Å². The van der Waals surface area contributed by atoms with Gasteiger partial charge in [0, 0.05) is 31.6 Å². The quantitative estimate of drug-likeness (QED) is 0.790. The van der Waals surface area contributed by atoms with Crippen molar-refractivity contribution in [2.45, 2.75) is 51.6 Å². The molecular weight excluding hydrogens is 321 g/mol. The van der Waals surface area contributed by atoms with Crippen LogP contribution in [-0.2, 0) is 16.0 Å². The van der Waals surface area contributed by atoms with E-state index in [0.717, 1.165) is 31.5 Å². The number of hydrogen-bond donors (Lipinski definition) is 2. The number of likely N-dealkylation sites (tertiary alicyclic amines) is 1. The van der Waals surface area contributed by atoms with Gasteiger partial charge >= 0.3 is 0 Å². The predicted molar refractivity (Wildman–Crippen MR) is 95.6 cm³/mol. The van der Waals surface area contributed by atoms with Crippen LogP contribution in [0.4, 0.5) is 4.39 Å². The van der Waals surface area contributed by atoms with Crippen molar-refractivity contribution in [3.05, 3.63) is 35.6 Å². The Morgan fingerprint density at radius 2 is 1.80 bits per heavy atom. The summed E-state index contributed by atoms with van der Waals surface area (Å²) in [5.74, 6) is -0.181. The number of piperidine rings is 1. The summed E-state index contributed by atoms with van der Waals surface area (Å²) in [6.07, 6.45) is 2.73. The summed E-state index contributed by atoms with van der Waals surface area (Å²) in [7, 11) is 0. The lowest BCUT2D eigenvalue weighted by atomic mass is 10.0. The Morgan fingerprint density at radius 3 is 2.40 bits per heavy atom. The number of nitrogens with zero attached hydrogens (tertiary/aromatic N) is 1. The number of rotatable bonds is 7. The van der Waals surface area contributed by atoms with Gasteiger partial charge in [-0.25, -0.2) is 4.39 Å². The fourth-order valence-electron chi connectivity index (χ4n) is 3.01. The maximum atomic E-state index is 12.9. The van der Waals surface area contributed by atoms with Crippen molar-refractivity contribution in [1.82, 2.24) is 15.5 Å². The average molecular weight is 349 g/mol. The highest BCUT2D eigenvalue weighted by Crippen LogP contribution is 2.11. The van der Waals surface area contributed by atoms with E-state index < -0.39 is 0 Å². The second kappa shape index (κ2) is 9.51. The SMILES string of the molecule is CC(C)NC(=O)CN1CCC(NC(=O)CCc2ccc(F)cc2)CC1. The lowest BCUT2D eigenvalue weighted by molar-refractivity contribution is -0.124. The molecule has 2 N–H and O–H groups in total. The summed E-state index contributed by atoms with van der Waals surface area (Å²) in [6.45, 7) is 5.95. The molecule has 0 aromatic heterocycles. The van der Waals surface area contributed by atoms with Crippen LogP contribution in [0.3, 0.4) is 0 Å². The van der Waals surface area contributed by atoms with Gasteiger partial charge in [-0.2, -0.15) is 0 Å². The Morgan fingerprint density at radius 1 is 1.16 bits per heavy atom. The fraction of sp³-hybridized carbons (Fsp3) is 0.579. The molecule has 2 amide bonds. The number of aryl methyl sites for hydroxylation is 1. The first-order valence-corrected chi connectivity index (χ1v) is 8.98. The first-order valence-electron chi connectivity index (χ1n) is 8.98. The molecule has 0 radical (unpaired) electrons. The molecule has 25 heavy (non-hydrogen) atoms. The third-order valence-electron chi connectivity index (χ3n) is 4.32. The molecule has 2 rings (SSSR count). The molecule has 1 aliphatic rings. The molecule has 0 spiro atoms. The zero-order valence-electron chi connectivity index (χ0n) is 15.1. The summed E-state index contributed by atoms with van der Waals surface area (Å²) in [5.41, 5.74) is 0.961. The zero-order chi connectivity index (χ0) is 18.2. The number of carbonyl (C=O) groups is 2. The van der Waals surface area contributed by atoms with E-state index in [2.05, 4.69) is 15.5 Å². The van der Waals surface area contributed by atoms with Gasteiger partial charge in [0.1, 0.15) is 5.82 Å². The van der Waals surface area contributed by atoms with E-state index in [1.54, 1.807) is 12.1 Å². The first kappa shape index (κ1) is 19.4. The van der Waals surface area contributed by atoms with E-state index in [1.807, 2.05) is 13.8 Å². The van der Waals surface area contributed by atoms with Gasteiger partial charge in [-0.05, 0) is 50.8 Å². The molecule has 138 valence electrons. The number of hydrogen-bond acceptors (Lipinski definition) is 3. The minimum atomic E-state index is -0.262. The first-order chi connectivity index (χ1) is 11.9. The summed E-state index contributed by atoms with van der Waals surface area (Å²) in [5, 5.41) is 5.96. The minimum absolute atomic E-state index is 0.0281. The number of halogens is 1. The maximum absolute atomic E-state index is 12.9. The van der Waals surface area contributed by atoms with E-state index in [0.29, 0.717) is 19.4 Å². The Kier molecular flexibility index (Phi) is 7.37. The molecule has 5 nitrogen and oxygen atoms in total. The van der Waals surface area contributed by atoms with Gasteiger partial charge in [0.25, 0.3) is 0 Å². The molecule has 0 aliphatic carbocycles. The van der Waals surface area contributed by atoms with Crippen molar-refractivity contribution < 1.29 is 14.0 Å². The van der Waals surface area contributed by atoms with Crippen LogP contribution < -0.4 is 10.6 Å². The Hall–Kier alpha value is -1.95. The zero-order valence-corrected chi connectivity index (χ0v) is 15.1. The van der Waals surface area contributed by atoms with Crippen LogP contribution in [0.1, 0.15) is 38.7 Å². The molecule has 0 atom stereocenters.